The zero-order valence-electron chi connectivity index (χ0n) is 6.62. The maximum absolute atomic E-state index is 10.3. The summed E-state index contributed by atoms with van der Waals surface area (Å²) in [6, 6.07) is 2.34. The second-order valence-corrected chi connectivity index (χ2v) is 2.39. The topological polar surface area (TPSA) is 96.5 Å². The number of aromatic nitrogens is 1. The number of aliphatic hydroxyl groups is 2. The minimum absolute atomic E-state index is 0.0942. The molecule has 1 aromatic rings. The fourth-order valence-electron chi connectivity index (χ4n) is 0.826. The van der Waals surface area contributed by atoms with Gasteiger partial charge in [-0.2, -0.15) is 0 Å². The van der Waals surface area contributed by atoms with Gasteiger partial charge in [-0.15, -0.1) is 0 Å². The van der Waals surface area contributed by atoms with Crippen LogP contribution in [0.3, 0.4) is 0 Å². The third kappa shape index (κ3) is 2.20. The zero-order valence-corrected chi connectivity index (χ0v) is 6.62. The van der Waals surface area contributed by atoms with Crippen molar-refractivity contribution >= 4 is 5.69 Å². The van der Waals surface area contributed by atoms with Crippen LogP contribution in [0.4, 0.5) is 5.69 Å². The van der Waals surface area contributed by atoms with E-state index in [1.54, 1.807) is 0 Å². The normalized spacial score (nSPS) is 12.5. The lowest BCUT2D eigenvalue weighted by Gasteiger charge is -2.04. The number of hydrogen-bond acceptors (Lipinski definition) is 5. The minimum Gasteiger partial charge on any atom is -0.393 e. The standard InChI is InChI=1S/C7H8N2O4/c10-4-7(11)6-3-5(9(12)13)1-2-8-6/h1-3,7,10-11H,4H2/t7-/m0/s1. The molecule has 0 amide bonds. The Labute approximate surface area is 73.6 Å². The van der Waals surface area contributed by atoms with Crippen molar-refractivity contribution in [1.82, 2.24) is 4.98 Å². The largest absolute Gasteiger partial charge is 0.393 e. The molecule has 0 aliphatic heterocycles. The molecule has 0 saturated carbocycles. The van der Waals surface area contributed by atoms with Gasteiger partial charge in [0.2, 0.25) is 0 Å². The number of hydrogen-bond donors (Lipinski definition) is 2. The Morgan fingerprint density at radius 2 is 2.38 bits per heavy atom. The van der Waals surface area contributed by atoms with Crippen LogP contribution >= 0.6 is 0 Å². The molecular weight excluding hydrogens is 176 g/mol. The summed E-state index contributed by atoms with van der Waals surface area (Å²) in [6.45, 7) is -0.506. The van der Waals surface area contributed by atoms with Crippen LogP contribution in [0.2, 0.25) is 0 Å². The number of nitrogens with zero attached hydrogens (tertiary/aromatic N) is 2. The first-order valence-corrected chi connectivity index (χ1v) is 3.54. The molecule has 0 bridgehead atoms. The van der Waals surface area contributed by atoms with E-state index >= 15 is 0 Å². The molecule has 6 nitrogen and oxygen atoms in total. The molecule has 1 aromatic heterocycles. The highest BCUT2D eigenvalue weighted by atomic mass is 16.6. The maximum Gasteiger partial charge on any atom is 0.272 e. The molecule has 0 fully saturated rings. The molecule has 0 aliphatic rings. The van der Waals surface area contributed by atoms with E-state index in [9.17, 15) is 10.1 Å². The van der Waals surface area contributed by atoms with E-state index in [0.29, 0.717) is 0 Å². The molecule has 70 valence electrons. The van der Waals surface area contributed by atoms with E-state index in [1.807, 2.05) is 0 Å². The molecule has 6 heteroatoms. The van der Waals surface area contributed by atoms with E-state index in [4.69, 9.17) is 10.2 Å². The van der Waals surface area contributed by atoms with E-state index in [-0.39, 0.29) is 11.4 Å². The summed E-state index contributed by atoms with van der Waals surface area (Å²) in [5.41, 5.74) is -0.0609. The first kappa shape index (κ1) is 9.56. The van der Waals surface area contributed by atoms with Crippen LogP contribution in [0.15, 0.2) is 18.3 Å². The van der Waals surface area contributed by atoms with Gasteiger partial charge in [0.15, 0.2) is 0 Å². The summed E-state index contributed by atoms with van der Waals surface area (Å²) in [7, 11) is 0. The van der Waals surface area contributed by atoms with Crippen LogP contribution in [0.25, 0.3) is 0 Å². The summed E-state index contributed by atoms with van der Waals surface area (Å²) in [5.74, 6) is 0. The highest BCUT2D eigenvalue weighted by molar-refractivity contribution is 5.30. The van der Waals surface area contributed by atoms with E-state index < -0.39 is 17.6 Å². The summed E-state index contributed by atoms with van der Waals surface area (Å²) < 4.78 is 0. The van der Waals surface area contributed by atoms with Crippen molar-refractivity contribution in [3.63, 3.8) is 0 Å². The number of aliphatic hydroxyl groups excluding tert-OH is 2. The van der Waals surface area contributed by atoms with Gasteiger partial charge in [0.25, 0.3) is 5.69 Å². The Morgan fingerprint density at radius 1 is 1.69 bits per heavy atom. The molecule has 0 saturated heterocycles. The Balaban J connectivity index is 2.98. The Kier molecular flexibility index (Phi) is 2.88. The van der Waals surface area contributed by atoms with Crippen LogP contribution in [-0.2, 0) is 0 Å². The molecule has 1 heterocycles. The molecule has 0 unspecified atom stereocenters. The average molecular weight is 184 g/mol. The number of nitro groups is 1. The summed E-state index contributed by atoms with van der Waals surface area (Å²) in [6.07, 6.45) is 0.0479. The summed E-state index contributed by atoms with van der Waals surface area (Å²) >= 11 is 0. The predicted octanol–water partition coefficient (Wildman–Crippen LogP) is 0.0155. The van der Waals surface area contributed by atoms with Gasteiger partial charge in [0.05, 0.1) is 17.2 Å². The van der Waals surface area contributed by atoms with Crippen molar-refractivity contribution < 1.29 is 15.1 Å². The SMILES string of the molecule is O=[N+]([O-])c1ccnc([C@@H](O)CO)c1. The van der Waals surface area contributed by atoms with Crippen molar-refractivity contribution in [3.8, 4) is 0 Å². The van der Waals surface area contributed by atoms with Crippen molar-refractivity contribution in [2.24, 2.45) is 0 Å². The smallest absolute Gasteiger partial charge is 0.272 e. The summed E-state index contributed by atoms with van der Waals surface area (Å²) in [4.78, 5) is 13.4. The van der Waals surface area contributed by atoms with E-state index in [2.05, 4.69) is 4.98 Å². The third-order valence-corrected chi connectivity index (χ3v) is 1.49. The zero-order chi connectivity index (χ0) is 9.84. The molecule has 2 N–H and O–H groups in total. The molecule has 13 heavy (non-hydrogen) atoms. The van der Waals surface area contributed by atoms with Gasteiger partial charge in [-0.25, -0.2) is 0 Å². The van der Waals surface area contributed by atoms with Gasteiger partial charge in [0, 0.05) is 18.3 Å². The van der Waals surface area contributed by atoms with Gasteiger partial charge in [0.1, 0.15) is 6.10 Å². The first-order valence-electron chi connectivity index (χ1n) is 3.54. The third-order valence-electron chi connectivity index (χ3n) is 1.49. The number of rotatable bonds is 3. The monoisotopic (exact) mass is 184 g/mol. The van der Waals surface area contributed by atoms with Crippen molar-refractivity contribution in [3.05, 3.63) is 34.1 Å². The maximum atomic E-state index is 10.3. The molecule has 0 aliphatic carbocycles. The van der Waals surface area contributed by atoms with Gasteiger partial charge < -0.3 is 10.2 Å². The van der Waals surface area contributed by atoms with Gasteiger partial charge >= 0.3 is 0 Å². The molecule has 1 rings (SSSR count). The van der Waals surface area contributed by atoms with Crippen LogP contribution in [0.5, 0.6) is 0 Å². The second-order valence-electron chi connectivity index (χ2n) is 2.39. The number of pyridine rings is 1. The van der Waals surface area contributed by atoms with Gasteiger partial charge in [-0.3, -0.25) is 15.1 Å². The molecular formula is C7H8N2O4. The molecule has 1 atom stereocenters. The van der Waals surface area contributed by atoms with E-state index in [0.717, 1.165) is 6.07 Å². The Bertz CT molecular complexity index is 315. The predicted molar refractivity (Wildman–Crippen MR) is 42.9 cm³/mol. The van der Waals surface area contributed by atoms with Crippen molar-refractivity contribution in [2.45, 2.75) is 6.10 Å². The minimum atomic E-state index is -1.17. The fraction of sp³-hybridized carbons (Fsp3) is 0.286. The second kappa shape index (κ2) is 3.92. The Hall–Kier alpha value is -1.53. The first-order chi connectivity index (χ1) is 6.15. The lowest BCUT2D eigenvalue weighted by molar-refractivity contribution is -0.385. The lowest BCUT2D eigenvalue weighted by Crippen LogP contribution is -2.05. The van der Waals surface area contributed by atoms with Crippen molar-refractivity contribution in [2.75, 3.05) is 6.61 Å². The van der Waals surface area contributed by atoms with Crippen LogP contribution in [0.1, 0.15) is 11.8 Å². The lowest BCUT2D eigenvalue weighted by atomic mass is 10.2. The van der Waals surface area contributed by atoms with Gasteiger partial charge in [-0.05, 0) is 0 Å². The van der Waals surface area contributed by atoms with Crippen LogP contribution < -0.4 is 0 Å². The van der Waals surface area contributed by atoms with Crippen molar-refractivity contribution in [1.29, 1.82) is 0 Å². The fourth-order valence-corrected chi connectivity index (χ4v) is 0.826. The highest BCUT2D eigenvalue weighted by Crippen LogP contribution is 2.15. The van der Waals surface area contributed by atoms with E-state index in [1.165, 1.54) is 12.3 Å². The molecule has 0 radical (unpaired) electrons. The molecule has 0 spiro atoms. The van der Waals surface area contributed by atoms with Crippen LogP contribution in [-0.4, -0.2) is 26.7 Å². The van der Waals surface area contributed by atoms with Gasteiger partial charge in [-0.1, -0.05) is 0 Å². The summed E-state index contributed by atoms with van der Waals surface area (Å²) in [5, 5.41) is 28.0. The quantitative estimate of drug-likeness (QED) is 0.509. The van der Waals surface area contributed by atoms with Crippen LogP contribution in [0, 0.1) is 10.1 Å². The Morgan fingerprint density at radius 3 is 2.92 bits per heavy atom. The average Bonchev–Trinajstić information content (AvgIpc) is 2.17. The molecule has 0 aromatic carbocycles. The highest BCUT2D eigenvalue weighted by Gasteiger charge is 2.12.